The Labute approximate surface area is 96.9 Å². The van der Waals surface area contributed by atoms with Gasteiger partial charge in [-0.15, -0.1) is 0 Å². The van der Waals surface area contributed by atoms with Crippen LogP contribution in [0.1, 0.15) is 24.9 Å². The molecule has 0 spiro atoms. The monoisotopic (exact) mass is 220 g/mol. The second kappa shape index (κ2) is 4.85. The van der Waals surface area contributed by atoms with E-state index >= 15 is 0 Å². The summed E-state index contributed by atoms with van der Waals surface area (Å²) in [7, 11) is 0. The van der Waals surface area contributed by atoms with Gasteiger partial charge in [-0.2, -0.15) is 0 Å². The Kier molecular flexibility index (Phi) is 3.46. The number of rotatable bonds is 3. The van der Waals surface area contributed by atoms with Crippen molar-refractivity contribution < 1.29 is 5.11 Å². The lowest BCUT2D eigenvalue weighted by atomic mass is 10.1. The summed E-state index contributed by atoms with van der Waals surface area (Å²) in [5.41, 5.74) is 8.22. The number of nitrogens with zero attached hydrogens (tertiary/aromatic N) is 1. The van der Waals surface area contributed by atoms with E-state index in [9.17, 15) is 0 Å². The minimum absolute atomic E-state index is 0.0952. The van der Waals surface area contributed by atoms with Crippen molar-refractivity contribution >= 4 is 5.69 Å². The maximum absolute atomic E-state index is 9.10. The molecule has 16 heavy (non-hydrogen) atoms. The Morgan fingerprint density at radius 1 is 1.44 bits per heavy atom. The van der Waals surface area contributed by atoms with Crippen molar-refractivity contribution in [3.05, 3.63) is 29.8 Å². The van der Waals surface area contributed by atoms with Crippen LogP contribution in [0.2, 0.25) is 0 Å². The molecule has 3 nitrogen and oxygen atoms in total. The molecule has 3 heteroatoms. The maximum Gasteiger partial charge on any atom is 0.0476 e. The zero-order valence-corrected chi connectivity index (χ0v) is 9.76. The first-order chi connectivity index (χ1) is 7.70. The largest absolute Gasteiger partial charge is 0.396 e. The Morgan fingerprint density at radius 3 is 2.62 bits per heavy atom. The summed E-state index contributed by atoms with van der Waals surface area (Å²) in [6.45, 7) is 4.30. The summed E-state index contributed by atoms with van der Waals surface area (Å²) < 4.78 is 0. The molecule has 1 heterocycles. The molecular weight excluding hydrogens is 200 g/mol. The van der Waals surface area contributed by atoms with Gasteiger partial charge in [0.2, 0.25) is 0 Å². The van der Waals surface area contributed by atoms with Gasteiger partial charge in [-0.05, 0) is 31.0 Å². The highest BCUT2D eigenvalue weighted by Crippen LogP contribution is 2.24. The molecule has 1 aliphatic heterocycles. The molecule has 0 amide bonds. The van der Waals surface area contributed by atoms with Crippen molar-refractivity contribution in [3.8, 4) is 0 Å². The predicted octanol–water partition coefficient (Wildman–Crippen LogP) is 1.52. The van der Waals surface area contributed by atoms with Crippen LogP contribution in [0, 0.1) is 5.92 Å². The Hall–Kier alpha value is -1.06. The van der Waals surface area contributed by atoms with Gasteiger partial charge in [0.1, 0.15) is 0 Å². The summed E-state index contributed by atoms with van der Waals surface area (Å²) in [4.78, 5) is 2.33. The minimum Gasteiger partial charge on any atom is -0.396 e. The third kappa shape index (κ3) is 2.36. The number of aliphatic hydroxyl groups excluding tert-OH is 1. The van der Waals surface area contributed by atoms with E-state index in [0.29, 0.717) is 12.5 Å². The summed E-state index contributed by atoms with van der Waals surface area (Å²) in [5, 5.41) is 9.10. The lowest BCUT2D eigenvalue weighted by molar-refractivity contribution is 0.238. The van der Waals surface area contributed by atoms with Crippen LogP contribution >= 0.6 is 0 Å². The highest BCUT2D eigenvalue weighted by Gasteiger charge is 2.21. The molecule has 2 atom stereocenters. The molecular formula is C13H20N2O. The summed E-state index contributed by atoms with van der Waals surface area (Å²) >= 11 is 0. The van der Waals surface area contributed by atoms with Gasteiger partial charge >= 0.3 is 0 Å². The fourth-order valence-corrected chi connectivity index (χ4v) is 2.20. The lowest BCUT2D eigenvalue weighted by Crippen LogP contribution is -2.20. The number of nitrogens with two attached hydrogens (primary N) is 1. The Balaban J connectivity index is 2.05. The van der Waals surface area contributed by atoms with Gasteiger partial charge in [0, 0.05) is 37.3 Å². The topological polar surface area (TPSA) is 49.5 Å². The number of hydrogen-bond acceptors (Lipinski definition) is 3. The van der Waals surface area contributed by atoms with Crippen molar-refractivity contribution in [3.63, 3.8) is 0 Å². The highest BCUT2D eigenvalue weighted by atomic mass is 16.3. The molecule has 0 aliphatic carbocycles. The van der Waals surface area contributed by atoms with E-state index in [1.54, 1.807) is 0 Å². The average Bonchev–Trinajstić information content (AvgIpc) is 2.77. The third-order valence-corrected chi connectivity index (χ3v) is 3.33. The van der Waals surface area contributed by atoms with E-state index in [2.05, 4.69) is 29.2 Å². The molecule has 1 aliphatic rings. The molecule has 0 bridgehead atoms. The van der Waals surface area contributed by atoms with Gasteiger partial charge in [-0.25, -0.2) is 0 Å². The second-order valence-electron chi connectivity index (χ2n) is 4.66. The molecule has 0 saturated carbocycles. The fraction of sp³-hybridized carbons (Fsp3) is 0.538. The van der Waals surface area contributed by atoms with Gasteiger partial charge in [0.25, 0.3) is 0 Å². The Morgan fingerprint density at radius 2 is 2.12 bits per heavy atom. The van der Waals surface area contributed by atoms with Crippen LogP contribution in [0.25, 0.3) is 0 Å². The van der Waals surface area contributed by atoms with Crippen molar-refractivity contribution in [2.75, 3.05) is 24.6 Å². The average molecular weight is 220 g/mol. The van der Waals surface area contributed by atoms with Gasteiger partial charge < -0.3 is 15.7 Å². The van der Waals surface area contributed by atoms with Crippen molar-refractivity contribution in [1.29, 1.82) is 0 Å². The Bertz CT molecular complexity index is 334. The fourth-order valence-electron chi connectivity index (χ4n) is 2.20. The molecule has 1 aromatic rings. The molecule has 0 radical (unpaired) electrons. The SMILES string of the molecule is C[C@@H](N)c1ccc(N2CCC(CO)C2)cc1. The molecule has 2 rings (SSSR count). The lowest BCUT2D eigenvalue weighted by Gasteiger charge is -2.19. The summed E-state index contributed by atoms with van der Waals surface area (Å²) in [5.74, 6) is 0.438. The van der Waals surface area contributed by atoms with Crippen LogP contribution in [0.5, 0.6) is 0 Å². The van der Waals surface area contributed by atoms with Crippen molar-refractivity contribution in [1.82, 2.24) is 0 Å². The van der Waals surface area contributed by atoms with Gasteiger partial charge in [-0.1, -0.05) is 12.1 Å². The normalized spacial score (nSPS) is 22.4. The third-order valence-electron chi connectivity index (χ3n) is 3.33. The van der Waals surface area contributed by atoms with Crippen LogP contribution in [0.4, 0.5) is 5.69 Å². The van der Waals surface area contributed by atoms with Crippen molar-refractivity contribution in [2.45, 2.75) is 19.4 Å². The molecule has 1 fully saturated rings. The van der Waals surface area contributed by atoms with Crippen LogP contribution < -0.4 is 10.6 Å². The first-order valence-electron chi connectivity index (χ1n) is 5.92. The van der Waals surface area contributed by atoms with E-state index in [0.717, 1.165) is 19.5 Å². The highest BCUT2D eigenvalue weighted by molar-refractivity contribution is 5.48. The van der Waals surface area contributed by atoms with E-state index in [-0.39, 0.29) is 6.04 Å². The zero-order valence-electron chi connectivity index (χ0n) is 9.76. The summed E-state index contributed by atoms with van der Waals surface area (Å²) in [6, 6.07) is 8.52. The van der Waals surface area contributed by atoms with Crippen LogP contribution in [-0.4, -0.2) is 24.8 Å². The van der Waals surface area contributed by atoms with Gasteiger partial charge in [0.15, 0.2) is 0 Å². The standard InChI is InChI=1S/C13H20N2O/c1-10(14)12-2-4-13(5-3-12)15-7-6-11(8-15)9-16/h2-5,10-11,16H,6-9,14H2,1H3/t10-,11?/m1/s1. The maximum atomic E-state index is 9.10. The zero-order chi connectivity index (χ0) is 11.5. The molecule has 1 saturated heterocycles. The molecule has 1 aromatic carbocycles. The number of anilines is 1. The van der Waals surface area contributed by atoms with E-state index in [4.69, 9.17) is 10.8 Å². The predicted molar refractivity (Wildman–Crippen MR) is 66.5 cm³/mol. The minimum atomic E-state index is 0.0952. The smallest absolute Gasteiger partial charge is 0.0476 e. The van der Waals surface area contributed by atoms with Crippen molar-refractivity contribution in [2.24, 2.45) is 11.7 Å². The van der Waals surface area contributed by atoms with Crippen LogP contribution in [-0.2, 0) is 0 Å². The summed E-state index contributed by atoms with van der Waals surface area (Å²) in [6.07, 6.45) is 1.09. The van der Waals surface area contributed by atoms with E-state index < -0.39 is 0 Å². The quantitative estimate of drug-likeness (QED) is 0.812. The molecule has 3 N–H and O–H groups in total. The first kappa shape index (κ1) is 11.4. The van der Waals surface area contributed by atoms with E-state index in [1.165, 1.54) is 11.3 Å². The molecule has 0 aromatic heterocycles. The van der Waals surface area contributed by atoms with Gasteiger partial charge in [-0.3, -0.25) is 0 Å². The van der Waals surface area contributed by atoms with Crippen LogP contribution in [0.15, 0.2) is 24.3 Å². The van der Waals surface area contributed by atoms with Gasteiger partial charge in [0.05, 0.1) is 0 Å². The van der Waals surface area contributed by atoms with E-state index in [1.807, 2.05) is 6.92 Å². The molecule has 88 valence electrons. The molecule has 1 unspecified atom stereocenters. The first-order valence-corrected chi connectivity index (χ1v) is 5.92. The number of benzene rings is 1. The number of hydrogen-bond donors (Lipinski definition) is 2. The second-order valence-corrected chi connectivity index (χ2v) is 4.66. The van der Waals surface area contributed by atoms with Crippen LogP contribution in [0.3, 0.4) is 0 Å². The number of aliphatic hydroxyl groups is 1.